The van der Waals surface area contributed by atoms with Crippen LogP contribution in [0.5, 0.6) is 0 Å². The topological polar surface area (TPSA) is 60.2 Å². The number of hydrogen-bond acceptors (Lipinski definition) is 4. The lowest BCUT2D eigenvalue weighted by molar-refractivity contribution is 0.0364. The van der Waals surface area contributed by atoms with Crippen molar-refractivity contribution < 1.29 is 5.11 Å². The molecule has 2 heterocycles. The summed E-state index contributed by atoms with van der Waals surface area (Å²) in [5.41, 5.74) is 5.10. The third-order valence-electron chi connectivity index (χ3n) is 5.94. The number of rotatable bonds is 5. The van der Waals surface area contributed by atoms with Gasteiger partial charge in [-0.2, -0.15) is 5.26 Å². The lowest BCUT2D eigenvalue weighted by Crippen LogP contribution is -2.37. The summed E-state index contributed by atoms with van der Waals surface area (Å²) in [5, 5.41) is 21.5. The summed E-state index contributed by atoms with van der Waals surface area (Å²) in [6.45, 7) is 3.88. The first-order valence-corrected chi connectivity index (χ1v) is 11.1. The van der Waals surface area contributed by atoms with E-state index in [4.69, 9.17) is 11.6 Å². The fraction of sp³-hybridized carbons (Fsp3) is 0.308. The van der Waals surface area contributed by atoms with Crippen LogP contribution in [-0.4, -0.2) is 28.1 Å². The van der Waals surface area contributed by atoms with Crippen LogP contribution >= 0.6 is 11.6 Å². The van der Waals surface area contributed by atoms with Gasteiger partial charge in [-0.05, 0) is 80.4 Å². The van der Waals surface area contributed by atoms with Gasteiger partial charge >= 0.3 is 0 Å². The predicted molar refractivity (Wildman–Crippen MR) is 124 cm³/mol. The average Bonchev–Trinajstić information content (AvgIpc) is 2.80. The van der Waals surface area contributed by atoms with Gasteiger partial charge in [-0.1, -0.05) is 36.2 Å². The number of hydrogen-bond donors (Lipinski definition) is 1. The number of halogens is 1. The Kier molecular flexibility index (Phi) is 6.67. The van der Waals surface area contributed by atoms with Crippen LogP contribution in [0.4, 0.5) is 0 Å². The number of pyridine rings is 1. The predicted octanol–water partition coefficient (Wildman–Crippen LogP) is 5.84. The van der Waals surface area contributed by atoms with E-state index in [1.165, 1.54) is 6.42 Å². The molecule has 1 aliphatic rings. The molecule has 2 aromatic carbocycles. The van der Waals surface area contributed by atoms with Crippen LogP contribution in [0.3, 0.4) is 0 Å². The molecular weight excluding hydrogens is 406 g/mol. The number of aromatic nitrogens is 1. The number of benzene rings is 2. The number of nitrogens with zero attached hydrogens (tertiary/aromatic N) is 3. The molecule has 1 N–H and O–H groups in total. The van der Waals surface area contributed by atoms with Gasteiger partial charge < -0.3 is 5.11 Å². The summed E-state index contributed by atoms with van der Waals surface area (Å²) < 4.78 is 0. The van der Waals surface area contributed by atoms with Gasteiger partial charge in [0, 0.05) is 22.3 Å². The van der Waals surface area contributed by atoms with Gasteiger partial charge in [-0.15, -0.1) is 0 Å². The van der Waals surface area contributed by atoms with Crippen molar-refractivity contribution in [1.29, 1.82) is 5.26 Å². The Morgan fingerprint density at radius 1 is 1.06 bits per heavy atom. The second-order valence-corrected chi connectivity index (χ2v) is 8.62. The second-order valence-electron chi connectivity index (χ2n) is 8.18. The van der Waals surface area contributed by atoms with Gasteiger partial charge in [-0.3, -0.25) is 9.88 Å². The molecule has 4 nitrogen and oxygen atoms in total. The highest BCUT2D eigenvalue weighted by molar-refractivity contribution is 6.30. The monoisotopic (exact) mass is 431 g/mol. The van der Waals surface area contributed by atoms with Gasteiger partial charge in [0.25, 0.3) is 0 Å². The molecule has 31 heavy (non-hydrogen) atoms. The van der Waals surface area contributed by atoms with Crippen molar-refractivity contribution >= 4 is 11.6 Å². The van der Waals surface area contributed by atoms with Crippen molar-refractivity contribution in [2.45, 2.75) is 38.3 Å². The molecule has 0 aliphatic carbocycles. The molecule has 1 fully saturated rings. The van der Waals surface area contributed by atoms with E-state index in [0.29, 0.717) is 10.6 Å². The highest BCUT2D eigenvalue weighted by atomic mass is 35.5. The smallest absolute Gasteiger partial charge is 0.101 e. The van der Waals surface area contributed by atoms with Gasteiger partial charge in [-0.25, -0.2) is 0 Å². The molecule has 1 aromatic heterocycles. The third kappa shape index (κ3) is 4.80. The molecule has 3 aromatic rings. The highest BCUT2D eigenvalue weighted by Crippen LogP contribution is 2.39. The van der Waals surface area contributed by atoms with E-state index in [9.17, 15) is 10.4 Å². The van der Waals surface area contributed by atoms with Crippen LogP contribution in [0.1, 0.15) is 53.7 Å². The maximum absolute atomic E-state index is 11.7. The minimum Gasteiger partial charge on any atom is -0.386 e. The first-order valence-electron chi connectivity index (χ1n) is 10.7. The van der Waals surface area contributed by atoms with Crippen molar-refractivity contribution in [2.24, 2.45) is 0 Å². The lowest BCUT2D eigenvalue weighted by atomic mass is 9.90. The molecule has 158 valence electrons. The first kappa shape index (κ1) is 21.5. The molecule has 2 atom stereocenters. The lowest BCUT2D eigenvalue weighted by Gasteiger charge is -2.38. The molecule has 0 radical (unpaired) electrons. The van der Waals surface area contributed by atoms with Gasteiger partial charge in [0.05, 0.1) is 23.4 Å². The molecular formula is C26H26ClN3O. The Balaban J connectivity index is 1.78. The molecule has 5 heteroatoms. The molecule has 0 amide bonds. The van der Waals surface area contributed by atoms with E-state index in [0.717, 1.165) is 53.9 Å². The number of aliphatic hydroxyl groups is 1. The number of aryl methyl sites for hydroxylation is 1. The third-order valence-corrected chi connectivity index (χ3v) is 6.16. The summed E-state index contributed by atoms with van der Waals surface area (Å²) >= 11 is 6.32. The quantitative estimate of drug-likeness (QED) is 0.551. The fourth-order valence-electron chi connectivity index (χ4n) is 4.48. The zero-order valence-corrected chi connectivity index (χ0v) is 18.4. The molecule has 0 unspecified atom stereocenters. The van der Waals surface area contributed by atoms with E-state index in [1.54, 1.807) is 6.20 Å². The Morgan fingerprint density at radius 3 is 2.48 bits per heavy atom. The van der Waals surface area contributed by atoms with Gasteiger partial charge in [0.2, 0.25) is 0 Å². The molecule has 0 bridgehead atoms. The average molecular weight is 432 g/mol. The van der Waals surface area contributed by atoms with Crippen molar-refractivity contribution in [2.75, 3.05) is 13.1 Å². The zero-order chi connectivity index (χ0) is 21.8. The SMILES string of the molecule is Cc1cc(Cl)cc(-c2ncccc2[C@@H](O)[C@H](c2ccc(C#N)cc2)N2CCCCC2)c1. The second kappa shape index (κ2) is 9.62. The summed E-state index contributed by atoms with van der Waals surface area (Å²) in [7, 11) is 0. The van der Waals surface area contributed by atoms with Crippen LogP contribution in [0.2, 0.25) is 5.02 Å². The normalized spacial score (nSPS) is 16.5. The van der Waals surface area contributed by atoms with Gasteiger partial charge in [0.1, 0.15) is 6.10 Å². The Hall–Kier alpha value is -2.71. The van der Waals surface area contributed by atoms with Crippen LogP contribution in [0.15, 0.2) is 60.8 Å². The van der Waals surface area contributed by atoms with E-state index in [1.807, 2.05) is 61.5 Å². The van der Waals surface area contributed by atoms with Crippen LogP contribution in [0.25, 0.3) is 11.3 Å². The van der Waals surface area contributed by atoms with Crippen LogP contribution in [0, 0.1) is 18.3 Å². The van der Waals surface area contributed by atoms with Crippen molar-refractivity contribution in [3.8, 4) is 17.3 Å². The molecule has 0 spiro atoms. The number of aliphatic hydroxyl groups excluding tert-OH is 1. The minimum absolute atomic E-state index is 0.212. The summed E-state index contributed by atoms with van der Waals surface area (Å²) in [4.78, 5) is 6.98. The Bertz CT molecular complexity index is 1060. The fourth-order valence-corrected chi connectivity index (χ4v) is 4.77. The highest BCUT2D eigenvalue weighted by Gasteiger charge is 2.31. The number of nitriles is 1. The van der Waals surface area contributed by atoms with E-state index < -0.39 is 6.10 Å². The molecule has 1 saturated heterocycles. The van der Waals surface area contributed by atoms with Gasteiger partial charge in [0.15, 0.2) is 0 Å². The minimum atomic E-state index is -0.769. The van der Waals surface area contributed by atoms with Crippen molar-refractivity contribution in [3.63, 3.8) is 0 Å². The maximum atomic E-state index is 11.7. The largest absolute Gasteiger partial charge is 0.386 e. The Labute approximate surface area is 188 Å². The van der Waals surface area contributed by atoms with E-state index in [-0.39, 0.29) is 6.04 Å². The summed E-state index contributed by atoms with van der Waals surface area (Å²) in [6.07, 6.45) is 4.43. The molecule has 4 rings (SSSR count). The number of likely N-dealkylation sites (tertiary alicyclic amines) is 1. The molecule has 1 aliphatic heterocycles. The molecule has 0 saturated carbocycles. The van der Waals surface area contributed by atoms with Crippen LogP contribution in [-0.2, 0) is 0 Å². The summed E-state index contributed by atoms with van der Waals surface area (Å²) in [6, 6.07) is 19.2. The van der Waals surface area contributed by atoms with Crippen LogP contribution < -0.4 is 0 Å². The van der Waals surface area contributed by atoms with E-state index >= 15 is 0 Å². The van der Waals surface area contributed by atoms with E-state index in [2.05, 4.69) is 16.0 Å². The first-order chi connectivity index (χ1) is 15.1. The summed E-state index contributed by atoms with van der Waals surface area (Å²) in [5.74, 6) is 0. The number of piperidine rings is 1. The zero-order valence-electron chi connectivity index (χ0n) is 17.6. The Morgan fingerprint density at radius 2 is 1.81 bits per heavy atom. The maximum Gasteiger partial charge on any atom is 0.101 e. The van der Waals surface area contributed by atoms with Crippen molar-refractivity contribution in [3.05, 3.63) is 88.1 Å². The standard InChI is InChI=1S/C26H26ClN3O/c1-18-14-21(16-22(27)15-18)24-23(6-5-11-29-24)26(31)25(30-12-3-2-4-13-30)20-9-7-19(17-28)8-10-20/h5-11,14-16,25-26,31H,2-4,12-13H2,1H3/t25-,26+/m0/s1. The van der Waals surface area contributed by atoms with Crippen molar-refractivity contribution in [1.82, 2.24) is 9.88 Å².